The average Bonchev–Trinajstić information content (AvgIpc) is 2.62. The van der Waals surface area contributed by atoms with Crippen LogP contribution in [-0.2, 0) is 17.9 Å². The molecule has 0 bridgehead atoms. The summed E-state index contributed by atoms with van der Waals surface area (Å²) in [5, 5.41) is 22.6. The second-order valence-electron chi connectivity index (χ2n) is 3.26. The van der Waals surface area contributed by atoms with Crippen LogP contribution in [0.25, 0.3) is 0 Å². The highest BCUT2D eigenvalue weighted by atomic mass is 16.4. The van der Waals surface area contributed by atoms with Gasteiger partial charge in [0.2, 0.25) is 0 Å². The zero-order valence-electron chi connectivity index (χ0n) is 8.84. The Bertz CT molecular complexity index is 325. The molecule has 0 radical (unpaired) electrons. The van der Waals surface area contributed by atoms with Crippen LogP contribution in [0.2, 0.25) is 0 Å². The van der Waals surface area contributed by atoms with Crippen molar-refractivity contribution in [1.29, 1.82) is 0 Å². The van der Waals surface area contributed by atoms with E-state index in [0.29, 0.717) is 12.4 Å². The van der Waals surface area contributed by atoms with Crippen molar-refractivity contribution in [3.8, 4) is 0 Å². The summed E-state index contributed by atoms with van der Waals surface area (Å²) in [6.45, 7) is 4.71. The van der Waals surface area contributed by atoms with Gasteiger partial charge in [0.1, 0.15) is 6.04 Å². The number of rotatable bonds is 6. The van der Waals surface area contributed by atoms with Gasteiger partial charge in [0.25, 0.3) is 0 Å². The van der Waals surface area contributed by atoms with E-state index in [-0.39, 0.29) is 0 Å². The molecule has 0 unspecified atom stereocenters. The molecule has 0 saturated heterocycles. The van der Waals surface area contributed by atoms with Crippen molar-refractivity contribution < 1.29 is 9.90 Å². The molecule has 7 nitrogen and oxygen atoms in total. The Hall–Kier alpha value is -1.50. The van der Waals surface area contributed by atoms with Gasteiger partial charge in [0.05, 0.1) is 6.54 Å². The quantitative estimate of drug-likeness (QED) is 0.670. The molecule has 15 heavy (non-hydrogen) atoms. The lowest BCUT2D eigenvalue weighted by atomic mass is 10.3. The van der Waals surface area contributed by atoms with Gasteiger partial charge in [-0.05, 0) is 23.8 Å². The van der Waals surface area contributed by atoms with Gasteiger partial charge in [-0.2, -0.15) is 0 Å². The number of aromatic nitrogens is 4. The largest absolute Gasteiger partial charge is 0.480 e. The third-order valence-corrected chi connectivity index (χ3v) is 1.98. The summed E-state index contributed by atoms with van der Waals surface area (Å²) < 4.78 is 1.67. The van der Waals surface area contributed by atoms with E-state index in [1.165, 1.54) is 0 Å². The van der Waals surface area contributed by atoms with Crippen LogP contribution < -0.4 is 5.32 Å². The SMILES string of the molecule is CCCn1nnnc1CN[C@H](C)C(=O)O. The van der Waals surface area contributed by atoms with Crippen LogP contribution >= 0.6 is 0 Å². The molecule has 84 valence electrons. The lowest BCUT2D eigenvalue weighted by Gasteiger charge is -2.08. The first-order chi connectivity index (χ1) is 7.15. The van der Waals surface area contributed by atoms with Gasteiger partial charge < -0.3 is 5.11 Å². The molecule has 0 amide bonds. The van der Waals surface area contributed by atoms with Crippen molar-refractivity contribution in [2.75, 3.05) is 0 Å². The maximum atomic E-state index is 10.5. The molecule has 0 fully saturated rings. The first kappa shape index (κ1) is 11.6. The second-order valence-corrected chi connectivity index (χ2v) is 3.26. The fourth-order valence-corrected chi connectivity index (χ4v) is 1.07. The number of carboxylic acid groups (broad SMARTS) is 1. The lowest BCUT2D eigenvalue weighted by molar-refractivity contribution is -0.139. The van der Waals surface area contributed by atoms with Crippen molar-refractivity contribution in [3.05, 3.63) is 5.82 Å². The van der Waals surface area contributed by atoms with Crippen molar-refractivity contribution in [2.45, 2.75) is 39.4 Å². The second kappa shape index (κ2) is 5.40. The molecule has 1 aromatic rings. The highest BCUT2D eigenvalue weighted by Gasteiger charge is 2.12. The van der Waals surface area contributed by atoms with Crippen LogP contribution in [0.5, 0.6) is 0 Å². The van der Waals surface area contributed by atoms with Gasteiger partial charge in [0.15, 0.2) is 5.82 Å². The van der Waals surface area contributed by atoms with Crippen LogP contribution in [0.15, 0.2) is 0 Å². The van der Waals surface area contributed by atoms with Crippen LogP contribution in [0, 0.1) is 0 Å². The number of aryl methyl sites for hydroxylation is 1. The minimum Gasteiger partial charge on any atom is -0.480 e. The molecule has 0 aromatic carbocycles. The summed E-state index contributed by atoms with van der Waals surface area (Å²) in [6, 6.07) is -0.600. The molecule has 1 rings (SSSR count). The Morgan fingerprint density at radius 1 is 1.67 bits per heavy atom. The molecule has 1 aromatic heterocycles. The number of nitrogens with one attached hydrogen (secondary N) is 1. The summed E-state index contributed by atoms with van der Waals surface area (Å²) in [4.78, 5) is 10.5. The molecule has 0 aliphatic carbocycles. The first-order valence-electron chi connectivity index (χ1n) is 4.86. The van der Waals surface area contributed by atoms with Gasteiger partial charge in [-0.25, -0.2) is 4.68 Å². The Labute approximate surface area is 87.5 Å². The molecule has 1 heterocycles. The minimum absolute atomic E-state index is 0.362. The average molecular weight is 213 g/mol. The van der Waals surface area contributed by atoms with E-state index in [4.69, 9.17) is 5.11 Å². The smallest absolute Gasteiger partial charge is 0.320 e. The maximum Gasteiger partial charge on any atom is 0.320 e. The number of hydrogen-bond acceptors (Lipinski definition) is 5. The van der Waals surface area contributed by atoms with Crippen molar-refractivity contribution in [2.24, 2.45) is 0 Å². The van der Waals surface area contributed by atoms with E-state index < -0.39 is 12.0 Å². The zero-order valence-corrected chi connectivity index (χ0v) is 8.84. The predicted octanol–water partition coefficient (Wildman–Crippen LogP) is -0.354. The summed E-state index contributed by atoms with van der Waals surface area (Å²) in [6.07, 6.45) is 0.937. The summed E-state index contributed by atoms with van der Waals surface area (Å²) >= 11 is 0. The molecule has 0 aliphatic rings. The molecule has 0 aliphatic heterocycles. The third kappa shape index (κ3) is 3.28. The standard InChI is InChI=1S/C8H15N5O2/c1-3-4-13-7(10-11-12-13)5-9-6(2)8(14)15/h6,9H,3-5H2,1-2H3,(H,14,15)/t6-/m1/s1. The fourth-order valence-electron chi connectivity index (χ4n) is 1.07. The maximum absolute atomic E-state index is 10.5. The molecule has 1 atom stereocenters. The van der Waals surface area contributed by atoms with E-state index in [2.05, 4.69) is 20.8 Å². The van der Waals surface area contributed by atoms with Crippen molar-refractivity contribution in [1.82, 2.24) is 25.5 Å². The Kier molecular flexibility index (Phi) is 4.17. The number of aliphatic carboxylic acids is 1. The van der Waals surface area contributed by atoms with E-state index in [1.54, 1.807) is 11.6 Å². The lowest BCUT2D eigenvalue weighted by Crippen LogP contribution is -2.34. The third-order valence-electron chi connectivity index (χ3n) is 1.98. The monoisotopic (exact) mass is 213 g/mol. The van der Waals surface area contributed by atoms with Gasteiger partial charge in [0, 0.05) is 6.54 Å². The minimum atomic E-state index is -0.885. The number of tetrazole rings is 1. The molecule has 2 N–H and O–H groups in total. The van der Waals surface area contributed by atoms with Crippen LogP contribution in [0.3, 0.4) is 0 Å². The van der Waals surface area contributed by atoms with Gasteiger partial charge in [-0.1, -0.05) is 6.92 Å². The highest BCUT2D eigenvalue weighted by Crippen LogP contribution is 1.94. The summed E-state index contributed by atoms with van der Waals surface area (Å²) in [5.41, 5.74) is 0. The number of carboxylic acids is 1. The van der Waals surface area contributed by atoms with Gasteiger partial charge >= 0.3 is 5.97 Å². The van der Waals surface area contributed by atoms with E-state index in [9.17, 15) is 4.79 Å². The predicted molar refractivity (Wildman–Crippen MR) is 52.0 cm³/mol. The van der Waals surface area contributed by atoms with Crippen LogP contribution in [0.1, 0.15) is 26.1 Å². The number of carbonyl (C=O) groups is 1. The Morgan fingerprint density at radius 2 is 2.40 bits per heavy atom. The highest BCUT2D eigenvalue weighted by molar-refractivity contribution is 5.72. The number of nitrogens with zero attached hydrogens (tertiary/aromatic N) is 4. The van der Waals surface area contributed by atoms with Gasteiger partial charge in [-0.15, -0.1) is 5.10 Å². The number of hydrogen-bond donors (Lipinski definition) is 2. The van der Waals surface area contributed by atoms with Crippen LogP contribution in [0.4, 0.5) is 0 Å². The van der Waals surface area contributed by atoms with Crippen LogP contribution in [-0.4, -0.2) is 37.3 Å². The summed E-state index contributed by atoms with van der Waals surface area (Å²) in [7, 11) is 0. The first-order valence-corrected chi connectivity index (χ1v) is 4.86. The Morgan fingerprint density at radius 3 is 3.00 bits per heavy atom. The molecular formula is C8H15N5O2. The van der Waals surface area contributed by atoms with Crippen molar-refractivity contribution in [3.63, 3.8) is 0 Å². The topological polar surface area (TPSA) is 92.9 Å². The summed E-state index contributed by atoms with van der Waals surface area (Å²) in [5.74, 6) is -0.227. The van der Waals surface area contributed by atoms with Gasteiger partial charge in [-0.3, -0.25) is 10.1 Å². The molecule has 0 spiro atoms. The molecule has 7 heteroatoms. The van der Waals surface area contributed by atoms with E-state index >= 15 is 0 Å². The molecule has 0 saturated carbocycles. The van der Waals surface area contributed by atoms with E-state index in [0.717, 1.165) is 13.0 Å². The molecular weight excluding hydrogens is 198 g/mol. The normalized spacial score (nSPS) is 12.7. The Balaban J connectivity index is 2.49. The fraction of sp³-hybridized carbons (Fsp3) is 0.750. The van der Waals surface area contributed by atoms with E-state index in [1.807, 2.05) is 6.92 Å². The zero-order chi connectivity index (χ0) is 11.3. The van der Waals surface area contributed by atoms with Crippen molar-refractivity contribution >= 4 is 5.97 Å².